The zero-order chi connectivity index (χ0) is 13.2. The Hall–Kier alpha value is -0.750. The zero-order valence-corrected chi connectivity index (χ0v) is 11.2. The molecule has 6 heteroatoms. The summed E-state index contributed by atoms with van der Waals surface area (Å²) >= 11 is 3.12. The van der Waals surface area contributed by atoms with E-state index < -0.39 is 11.7 Å². The van der Waals surface area contributed by atoms with Crippen LogP contribution in [0, 0.1) is 0 Å². The minimum absolute atomic E-state index is 0.238. The molecule has 1 aromatic carbocycles. The van der Waals surface area contributed by atoms with Gasteiger partial charge in [0.1, 0.15) is 0 Å². The molecule has 0 spiro atoms. The fraction of sp³-hybridized carbons (Fsp3) is 0.500. The predicted molar refractivity (Wildman–Crippen MR) is 68.7 cm³/mol. The molecule has 1 fully saturated rings. The van der Waals surface area contributed by atoms with Gasteiger partial charge in [0.25, 0.3) is 0 Å². The Morgan fingerprint density at radius 2 is 1.83 bits per heavy atom. The Balaban J connectivity index is 2.14. The summed E-state index contributed by atoms with van der Waals surface area (Å²) in [6.07, 6.45) is -2.46. The molecule has 0 unspecified atom stereocenters. The second-order valence-corrected chi connectivity index (χ2v) is 5.31. The van der Waals surface area contributed by atoms with E-state index in [-0.39, 0.29) is 6.04 Å². The standard InChI is InChI=1S/C12H14BrF3N2/c13-9-5-8(12(14,15)16)6-11(7-9)18-10-1-3-17-4-2-10/h5-7,10,17-18H,1-4H2. The van der Waals surface area contributed by atoms with Crippen LogP contribution in [0.25, 0.3) is 0 Å². The fourth-order valence-corrected chi connectivity index (χ4v) is 2.53. The van der Waals surface area contributed by atoms with Crippen molar-refractivity contribution in [2.24, 2.45) is 0 Å². The molecule has 1 heterocycles. The van der Waals surface area contributed by atoms with Crippen LogP contribution in [0.3, 0.4) is 0 Å². The van der Waals surface area contributed by atoms with Gasteiger partial charge in [0.15, 0.2) is 0 Å². The fourth-order valence-electron chi connectivity index (χ4n) is 2.04. The van der Waals surface area contributed by atoms with E-state index in [0.717, 1.165) is 38.1 Å². The minimum Gasteiger partial charge on any atom is -0.382 e. The molecular weight excluding hydrogens is 309 g/mol. The van der Waals surface area contributed by atoms with E-state index in [1.54, 1.807) is 6.07 Å². The Kier molecular flexibility index (Phi) is 4.17. The molecule has 0 aromatic heterocycles. The molecule has 2 nitrogen and oxygen atoms in total. The average Bonchev–Trinajstić information content (AvgIpc) is 2.28. The van der Waals surface area contributed by atoms with Crippen molar-refractivity contribution in [1.29, 1.82) is 0 Å². The highest BCUT2D eigenvalue weighted by molar-refractivity contribution is 9.10. The molecule has 1 aliphatic rings. The molecule has 0 bridgehead atoms. The highest BCUT2D eigenvalue weighted by Gasteiger charge is 2.31. The molecule has 0 atom stereocenters. The number of hydrogen-bond acceptors (Lipinski definition) is 2. The normalized spacial score (nSPS) is 17.8. The van der Waals surface area contributed by atoms with E-state index in [9.17, 15) is 13.2 Å². The molecule has 1 aromatic rings. The third kappa shape index (κ3) is 3.62. The van der Waals surface area contributed by atoms with Crippen LogP contribution in [0.15, 0.2) is 22.7 Å². The predicted octanol–water partition coefficient (Wildman–Crippen LogP) is 3.63. The summed E-state index contributed by atoms with van der Waals surface area (Å²) in [4.78, 5) is 0. The number of halogens is 4. The molecule has 1 saturated heterocycles. The van der Waals surface area contributed by atoms with Gasteiger partial charge in [-0.25, -0.2) is 0 Å². The van der Waals surface area contributed by atoms with E-state index >= 15 is 0 Å². The van der Waals surface area contributed by atoms with Crippen LogP contribution in [0.2, 0.25) is 0 Å². The van der Waals surface area contributed by atoms with E-state index in [2.05, 4.69) is 26.6 Å². The number of anilines is 1. The number of hydrogen-bond donors (Lipinski definition) is 2. The van der Waals surface area contributed by atoms with Gasteiger partial charge < -0.3 is 10.6 Å². The van der Waals surface area contributed by atoms with Crippen molar-refractivity contribution in [3.05, 3.63) is 28.2 Å². The summed E-state index contributed by atoms with van der Waals surface area (Å²) in [5.74, 6) is 0. The first-order chi connectivity index (χ1) is 8.45. The van der Waals surface area contributed by atoms with Crippen LogP contribution in [0.1, 0.15) is 18.4 Å². The lowest BCUT2D eigenvalue weighted by Gasteiger charge is -2.25. The van der Waals surface area contributed by atoms with Crippen molar-refractivity contribution >= 4 is 21.6 Å². The molecule has 0 radical (unpaired) electrons. The molecule has 18 heavy (non-hydrogen) atoms. The number of nitrogens with one attached hydrogen (secondary N) is 2. The van der Waals surface area contributed by atoms with Gasteiger partial charge in [0.05, 0.1) is 5.56 Å². The van der Waals surface area contributed by atoms with E-state index in [1.807, 2.05) is 0 Å². The van der Waals surface area contributed by atoms with Gasteiger partial charge >= 0.3 is 6.18 Å². The van der Waals surface area contributed by atoms with Crippen LogP contribution < -0.4 is 10.6 Å². The number of rotatable bonds is 2. The van der Waals surface area contributed by atoms with Gasteiger partial charge in [-0.3, -0.25) is 0 Å². The number of benzene rings is 1. The Labute approximate surface area is 112 Å². The maximum Gasteiger partial charge on any atom is 0.416 e. The lowest BCUT2D eigenvalue weighted by Crippen LogP contribution is -2.35. The average molecular weight is 323 g/mol. The quantitative estimate of drug-likeness (QED) is 0.868. The summed E-state index contributed by atoms with van der Waals surface area (Å²) in [7, 11) is 0. The second kappa shape index (κ2) is 5.48. The van der Waals surface area contributed by atoms with Crippen molar-refractivity contribution in [3.63, 3.8) is 0 Å². The van der Waals surface area contributed by atoms with Crippen molar-refractivity contribution in [2.75, 3.05) is 18.4 Å². The van der Waals surface area contributed by atoms with E-state index in [0.29, 0.717) is 10.2 Å². The first kappa shape index (κ1) is 13.7. The third-order valence-electron chi connectivity index (χ3n) is 2.94. The smallest absolute Gasteiger partial charge is 0.382 e. The summed E-state index contributed by atoms with van der Waals surface area (Å²) < 4.78 is 38.4. The number of alkyl halides is 3. The van der Waals surface area contributed by atoms with Gasteiger partial charge in [-0.05, 0) is 44.1 Å². The van der Waals surface area contributed by atoms with Gasteiger partial charge in [-0.1, -0.05) is 15.9 Å². The maximum atomic E-state index is 12.7. The second-order valence-electron chi connectivity index (χ2n) is 4.39. The van der Waals surface area contributed by atoms with E-state index in [4.69, 9.17) is 0 Å². The highest BCUT2D eigenvalue weighted by atomic mass is 79.9. The summed E-state index contributed by atoms with van der Waals surface area (Å²) in [6, 6.07) is 4.17. The first-order valence-corrected chi connectivity index (χ1v) is 6.59. The van der Waals surface area contributed by atoms with Gasteiger partial charge in [0, 0.05) is 16.2 Å². The minimum atomic E-state index is -4.31. The molecule has 0 amide bonds. The molecule has 100 valence electrons. The van der Waals surface area contributed by atoms with Crippen LogP contribution in [-0.4, -0.2) is 19.1 Å². The highest BCUT2D eigenvalue weighted by Crippen LogP contribution is 2.33. The SMILES string of the molecule is FC(F)(F)c1cc(Br)cc(NC2CCNCC2)c1. The first-order valence-electron chi connectivity index (χ1n) is 5.80. The monoisotopic (exact) mass is 322 g/mol. The van der Waals surface area contributed by atoms with Crippen molar-refractivity contribution in [3.8, 4) is 0 Å². The molecule has 1 aliphatic heterocycles. The summed E-state index contributed by atoms with van der Waals surface area (Å²) in [5, 5.41) is 6.38. The van der Waals surface area contributed by atoms with Crippen molar-refractivity contribution < 1.29 is 13.2 Å². The molecule has 2 rings (SSSR count). The Morgan fingerprint density at radius 3 is 2.44 bits per heavy atom. The van der Waals surface area contributed by atoms with E-state index in [1.165, 1.54) is 0 Å². The van der Waals surface area contributed by atoms with Crippen LogP contribution in [0.4, 0.5) is 18.9 Å². The van der Waals surface area contributed by atoms with Crippen LogP contribution >= 0.6 is 15.9 Å². The van der Waals surface area contributed by atoms with Crippen molar-refractivity contribution in [2.45, 2.75) is 25.1 Å². The lowest BCUT2D eigenvalue weighted by atomic mass is 10.1. The zero-order valence-electron chi connectivity index (χ0n) is 9.65. The molecule has 0 aliphatic carbocycles. The van der Waals surface area contributed by atoms with Gasteiger partial charge in [-0.15, -0.1) is 0 Å². The largest absolute Gasteiger partial charge is 0.416 e. The number of piperidine rings is 1. The topological polar surface area (TPSA) is 24.1 Å². The Bertz CT molecular complexity index is 414. The molecular formula is C12H14BrF3N2. The van der Waals surface area contributed by atoms with Gasteiger partial charge in [-0.2, -0.15) is 13.2 Å². The summed E-state index contributed by atoms with van der Waals surface area (Å²) in [6.45, 7) is 1.80. The molecule has 2 N–H and O–H groups in total. The van der Waals surface area contributed by atoms with Gasteiger partial charge in [0.2, 0.25) is 0 Å². The van der Waals surface area contributed by atoms with Crippen LogP contribution in [0.5, 0.6) is 0 Å². The Morgan fingerprint density at radius 1 is 1.17 bits per heavy atom. The maximum absolute atomic E-state index is 12.7. The summed E-state index contributed by atoms with van der Waals surface area (Å²) in [5.41, 5.74) is -0.114. The molecule has 0 saturated carbocycles. The lowest BCUT2D eigenvalue weighted by molar-refractivity contribution is -0.137. The third-order valence-corrected chi connectivity index (χ3v) is 3.39. The van der Waals surface area contributed by atoms with Crippen molar-refractivity contribution in [1.82, 2.24) is 5.32 Å². The van der Waals surface area contributed by atoms with Crippen LogP contribution in [-0.2, 0) is 6.18 Å².